The summed E-state index contributed by atoms with van der Waals surface area (Å²) in [5.74, 6) is 0. The van der Waals surface area contributed by atoms with Gasteiger partial charge >= 0.3 is 0 Å². The van der Waals surface area contributed by atoms with Crippen LogP contribution >= 0.6 is 7.26 Å². The predicted molar refractivity (Wildman–Crippen MR) is 160 cm³/mol. The zero-order chi connectivity index (χ0) is 25.4. The molecule has 192 valence electrons. The van der Waals surface area contributed by atoms with E-state index in [1.165, 1.54) is 34.3 Å². The van der Waals surface area contributed by atoms with Gasteiger partial charge in [-0.05, 0) is 83.2 Å². The minimum atomic E-state index is -2.00. The second kappa shape index (κ2) is 10.9. The molecule has 1 aliphatic carbocycles. The second-order valence-corrected chi connectivity index (χ2v) is 15.3. The van der Waals surface area contributed by atoms with E-state index in [0.29, 0.717) is 5.66 Å². The molecule has 1 unspecified atom stereocenters. The smallest absolute Gasteiger partial charge is 0.119 e. The first kappa shape index (κ1) is 27.8. The largest absolute Gasteiger partial charge is 1.00 e. The van der Waals surface area contributed by atoms with E-state index in [0.717, 1.165) is 6.42 Å². The SMILES string of the molecule is CCC(c1ccc2c(c1)C(C)(C)CCC2(C)C)[P+](c1ccccc1)(c1ccccc1)c1ccccc1.[Br-]. The van der Waals surface area contributed by atoms with Crippen LogP contribution in [0.15, 0.2) is 109 Å². The van der Waals surface area contributed by atoms with Gasteiger partial charge in [0.25, 0.3) is 0 Å². The Hall–Kier alpha value is -2.21. The lowest BCUT2D eigenvalue weighted by molar-refractivity contribution is -0.00000770. The van der Waals surface area contributed by atoms with Gasteiger partial charge in [-0.25, -0.2) is 0 Å². The molecule has 0 N–H and O–H groups in total. The van der Waals surface area contributed by atoms with Crippen LogP contribution in [0.3, 0.4) is 0 Å². The maximum Gasteiger partial charge on any atom is 0.119 e. The Bertz CT molecular complexity index is 1210. The van der Waals surface area contributed by atoms with Gasteiger partial charge in [0.2, 0.25) is 0 Å². The first-order chi connectivity index (χ1) is 17.3. The molecule has 0 amide bonds. The Kier molecular flexibility index (Phi) is 8.18. The Labute approximate surface area is 235 Å². The van der Waals surface area contributed by atoms with Crippen LogP contribution in [-0.4, -0.2) is 0 Å². The molecule has 1 atom stereocenters. The van der Waals surface area contributed by atoms with Crippen molar-refractivity contribution in [2.24, 2.45) is 0 Å². The van der Waals surface area contributed by atoms with Crippen LogP contribution in [0, 0.1) is 0 Å². The van der Waals surface area contributed by atoms with Crippen LogP contribution in [0.4, 0.5) is 0 Å². The quantitative estimate of drug-likeness (QED) is 0.269. The van der Waals surface area contributed by atoms with Crippen molar-refractivity contribution >= 4 is 23.2 Å². The summed E-state index contributed by atoms with van der Waals surface area (Å²) in [6, 6.07) is 41.6. The molecule has 0 saturated heterocycles. The van der Waals surface area contributed by atoms with E-state index in [2.05, 4.69) is 144 Å². The number of fused-ring (bicyclic) bond motifs is 1. The third-order valence-electron chi connectivity index (χ3n) is 8.61. The molecule has 2 heteroatoms. The third-order valence-corrected chi connectivity index (χ3v) is 13.5. The lowest BCUT2D eigenvalue weighted by Gasteiger charge is -2.43. The van der Waals surface area contributed by atoms with Crippen LogP contribution in [-0.2, 0) is 10.8 Å². The molecule has 1 aliphatic rings. The predicted octanol–water partition coefficient (Wildman–Crippen LogP) is 5.48. The van der Waals surface area contributed by atoms with Gasteiger partial charge in [0.1, 0.15) is 28.8 Å². The van der Waals surface area contributed by atoms with E-state index in [1.807, 2.05) is 0 Å². The summed E-state index contributed by atoms with van der Waals surface area (Å²) in [5, 5.41) is 4.39. The summed E-state index contributed by atoms with van der Waals surface area (Å²) in [6.45, 7) is 12.1. The zero-order valence-electron chi connectivity index (χ0n) is 22.9. The van der Waals surface area contributed by atoms with Gasteiger partial charge < -0.3 is 17.0 Å². The van der Waals surface area contributed by atoms with Crippen molar-refractivity contribution < 1.29 is 17.0 Å². The van der Waals surface area contributed by atoms with E-state index in [9.17, 15) is 0 Å². The van der Waals surface area contributed by atoms with Gasteiger partial charge in [0.05, 0.1) is 0 Å². The highest BCUT2D eigenvalue weighted by Crippen LogP contribution is 2.68. The van der Waals surface area contributed by atoms with Crippen molar-refractivity contribution in [3.8, 4) is 0 Å². The third kappa shape index (κ3) is 4.86. The van der Waals surface area contributed by atoms with Gasteiger partial charge in [0, 0.05) is 0 Å². The lowest BCUT2D eigenvalue weighted by atomic mass is 9.63. The van der Waals surface area contributed by atoms with Crippen molar-refractivity contribution in [2.45, 2.75) is 70.4 Å². The molecule has 0 aromatic heterocycles. The summed E-state index contributed by atoms with van der Waals surface area (Å²) in [7, 11) is -2.00. The van der Waals surface area contributed by atoms with E-state index < -0.39 is 7.26 Å². The molecule has 37 heavy (non-hydrogen) atoms. The highest BCUT2D eigenvalue weighted by Gasteiger charge is 2.52. The molecule has 0 radical (unpaired) electrons. The molecule has 0 heterocycles. The zero-order valence-corrected chi connectivity index (χ0v) is 25.4. The Balaban J connectivity index is 0.00000320. The molecule has 0 saturated carbocycles. The highest BCUT2D eigenvalue weighted by molar-refractivity contribution is 7.96. The molecule has 4 aromatic carbocycles. The molecular weight excluding hydrogens is 531 g/mol. The van der Waals surface area contributed by atoms with E-state index in [1.54, 1.807) is 11.1 Å². The van der Waals surface area contributed by atoms with E-state index in [4.69, 9.17) is 0 Å². The standard InChI is InChI=1S/C35H40P.BrH/c1-6-33(27-22-23-31-32(26-27)35(4,5)25-24-34(31,2)3)36(28-16-10-7-11-17-28,29-18-12-8-13-19-29)30-20-14-9-15-21-30;/h7-23,26,33H,6,24-25H2,1-5H3;1H/q+1;/p-1. The number of benzene rings is 4. The monoisotopic (exact) mass is 570 g/mol. The Morgan fingerprint density at radius 3 is 1.41 bits per heavy atom. The van der Waals surface area contributed by atoms with Crippen LogP contribution in [0.5, 0.6) is 0 Å². The van der Waals surface area contributed by atoms with Crippen LogP contribution in [0.2, 0.25) is 0 Å². The maximum absolute atomic E-state index is 2.61. The Morgan fingerprint density at radius 1 is 0.595 bits per heavy atom. The fraction of sp³-hybridized carbons (Fsp3) is 0.314. The van der Waals surface area contributed by atoms with Crippen LogP contribution < -0.4 is 32.9 Å². The van der Waals surface area contributed by atoms with Crippen molar-refractivity contribution in [1.82, 2.24) is 0 Å². The molecule has 0 nitrogen and oxygen atoms in total. The summed E-state index contributed by atoms with van der Waals surface area (Å²) in [5.41, 5.74) is 5.42. The lowest BCUT2D eigenvalue weighted by Crippen LogP contribution is -3.00. The number of hydrogen-bond donors (Lipinski definition) is 0. The second-order valence-electron chi connectivity index (χ2n) is 11.7. The van der Waals surface area contributed by atoms with Crippen molar-refractivity contribution in [2.75, 3.05) is 0 Å². The molecule has 0 spiro atoms. The van der Waals surface area contributed by atoms with Gasteiger partial charge in [-0.2, -0.15) is 0 Å². The van der Waals surface area contributed by atoms with E-state index in [-0.39, 0.29) is 27.8 Å². The first-order valence-electron chi connectivity index (χ1n) is 13.5. The number of rotatable bonds is 6. The van der Waals surface area contributed by atoms with Gasteiger partial charge in [-0.15, -0.1) is 0 Å². The van der Waals surface area contributed by atoms with Crippen LogP contribution in [0.25, 0.3) is 0 Å². The van der Waals surface area contributed by atoms with Gasteiger partial charge in [0.15, 0.2) is 0 Å². The van der Waals surface area contributed by atoms with Crippen molar-refractivity contribution in [3.05, 3.63) is 126 Å². The number of hydrogen-bond acceptors (Lipinski definition) is 0. The molecule has 0 bridgehead atoms. The molecular formula is C35H40BrP. The van der Waals surface area contributed by atoms with Gasteiger partial charge in [-0.3, -0.25) is 0 Å². The summed E-state index contributed by atoms with van der Waals surface area (Å²) >= 11 is 0. The van der Waals surface area contributed by atoms with E-state index >= 15 is 0 Å². The van der Waals surface area contributed by atoms with Gasteiger partial charge in [-0.1, -0.05) is 107 Å². The molecule has 4 aromatic rings. The highest BCUT2D eigenvalue weighted by atomic mass is 79.9. The van der Waals surface area contributed by atoms with Crippen molar-refractivity contribution in [3.63, 3.8) is 0 Å². The minimum Gasteiger partial charge on any atom is -1.00 e. The average molecular weight is 572 g/mol. The summed E-state index contributed by atoms with van der Waals surface area (Å²) < 4.78 is 0. The topological polar surface area (TPSA) is 0 Å². The molecule has 5 rings (SSSR count). The average Bonchev–Trinajstić information content (AvgIpc) is 2.91. The normalized spacial score (nSPS) is 16.8. The minimum absolute atomic E-state index is 0. The van der Waals surface area contributed by atoms with Crippen molar-refractivity contribution in [1.29, 1.82) is 0 Å². The number of halogens is 1. The summed E-state index contributed by atoms with van der Waals surface area (Å²) in [6.07, 6.45) is 3.58. The fourth-order valence-corrected chi connectivity index (χ4v) is 11.6. The fourth-order valence-electron chi connectivity index (χ4n) is 6.52. The molecule has 0 fully saturated rings. The Morgan fingerprint density at radius 2 is 1.00 bits per heavy atom. The first-order valence-corrected chi connectivity index (χ1v) is 15.4. The summed E-state index contributed by atoms with van der Waals surface area (Å²) in [4.78, 5) is 0. The molecule has 0 aliphatic heterocycles. The van der Waals surface area contributed by atoms with Crippen LogP contribution in [0.1, 0.15) is 76.2 Å². The maximum atomic E-state index is 2.61.